The van der Waals surface area contributed by atoms with Crippen LogP contribution in [0.1, 0.15) is 32.4 Å². The number of aromatic nitrogens is 1. The highest BCUT2D eigenvalue weighted by Gasteiger charge is 2.27. The van der Waals surface area contributed by atoms with Crippen molar-refractivity contribution < 1.29 is 0 Å². The summed E-state index contributed by atoms with van der Waals surface area (Å²) in [6.07, 6.45) is 1.88. The van der Waals surface area contributed by atoms with Crippen LogP contribution in [-0.4, -0.2) is 16.8 Å². The predicted octanol–water partition coefficient (Wildman–Crippen LogP) is 4.61. The second-order valence-electron chi connectivity index (χ2n) is 5.07. The Morgan fingerprint density at radius 1 is 1.25 bits per heavy atom. The maximum Gasteiger partial charge on any atom is 0.150 e. The van der Waals surface area contributed by atoms with Crippen LogP contribution >= 0.6 is 23.1 Å². The van der Waals surface area contributed by atoms with Gasteiger partial charge in [-0.2, -0.15) is 0 Å². The molecule has 0 aliphatic heterocycles. The largest absolute Gasteiger partial charge is 0.309 e. The molecule has 2 nitrogen and oxygen atoms in total. The van der Waals surface area contributed by atoms with Crippen molar-refractivity contribution >= 4 is 23.1 Å². The summed E-state index contributed by atoms with van der Waals surface area (Å²) in [5, 5.41) is 6.17. The number of thioether (sulfide) groups is 1. The van der Waals surface area contributed by atoms with Crippen LogP contribution in [0.5, 0.6) is 0 Å². The summed E-state index contributed by atoms with van der Waals surface area (Å²) < 4.78 is 1.16. The molecule has 0 radical (unpaired) electrons. The monoisotopic (exact) mass is 306 g/mol. The lowest BCUT2D eigenvalue weighted by atomic mass is 9.96. The molecule has 2 aromatic rings. The molecule has 1 aromatic carbocycles. The first-order chi connectivity index (χ1) is 9.72. The van der Waals surface area contributed by atoms with Gasteiger partial charge in [-0.3, -0.25) is 0 Å². The highest BCUT2D eigenvalue weighted by molar-refractivity contribution is 8.01. The van der Waals surface area contributed by atoms with Gasteiger partial charge in [0, 0.05) is 22.9 Å². The Morgan fingerprint density at radius 3 is 2.55 bits per heavy atom. The zero-order valence-electron chi connectivity index (χ0n) is 12.2. The molecule has 108 valence electrons. The Labute approximate surface area is 130 Å². The van der Waals surface area contributed by atoms with Gasteiger partial charge in [0.15, 0.2) is 0 Å². The molecule has 0 aliphatic carbocycles. The van der Waals surface area contributed by atoms with Crippen molar-refractivity contribution in [2.75, 3.05) is 6.54 Å². The molecule has 0 bridgehead atoms. The van der Waals surface area contributed by atoms with Crippen molar-refractivity contribution in [1.29, 1.82) is 0 Å². The van der Waals surface area contributed by atoms with E-state index in [1.165, 1.54) is 5.56 Å². The number of nitrogens with zero attached hydrogens (tertiary/aromatic N) is 1. The van der Waals surface area contributed by atoms with Gasteiger partial charge in [-0.05, 0) is 18.0 Å². The summed E-state index contributed by atoms with van der Waals surface area (Å²) in [6, 6.07) is 11.1. The molecular formula is C16H22N2S2. The van der Waals surface area contributed by atoms with Crippen molar-refractivity contribution in [2.24, 2.45) is 5.92 Å². The SMILES string of the molecule is CCNC(c1ccccc1)C(Sc1nccs1)C(C)C. The number of benzene rings is 1. The van der Waals surface area contributed by atoms with Crippen LogP contribution in [0.15, 0.2) is 46.2 Å². The first kappa shape index (κ1) is 15.5. The van der Waals surface area contributed by atoms with Crippen LogP contribution in [0, 0.1) is 5.92 Å². The minimum Gasteiger partial charge on any atom is -0.309 e. The van der Waals surface area contributed by atoms with E-state index in [-0.39, 0.29) is 0 Å². The van der Waals surface area contributed by atoms with Crippen LogP contribution in [0.4, 0.5) is 0 Å². The van der Waals surface area contributed by atoms with Gasteiger partial charge in [0.25, 0.3) is 0 Å². The average molecular weight is 307 g/mol. The van der Waals surface area contributed by atoms with Gasteiger partial charge in [0.1, 0.15) is 4.34 Å². The Hall–Kier alpha value is -0.840. The molecule has 0 saturated heterocycles. The third-order valence-corrected chi connectivity index (χ3v) is 5.75. The fourth-order valence-corrected chi connectivity index (χ4v) is 4.38. The maximum absolute atomic E-state index is 4.43. The van der Waals surface area contributed by atoms with Crippen molar-refractivity contribution in [2.45, 2.75) is 36.4 Å². The van der Waals surface area contributed by atoms with Crippen LogP contribution in [0.25, 0.3) is 0 Å². The van der Waals surface area contributed by atoms with Gasteiger partial charge in [0.05, 0.1) is 0 Å². The molecule has 0 spiro atoms. The van der Waals surface area contributed by atoms with Gasteiger partial charge in [-0.1, -0.05) is 62.9 Å². The number of nitrogens with one attached hydrogen (secondary N) is 1. The van der Waals surface area contributed by atoms with E-state index in [4.69, 9.17) is 0 Å². The molecule has 0 aliphatic rings. The van der Waals surface area contributed by atoms with Crippen molar-refractivity contribution in [3.63, 3.8) is 0 Å². The molecule has 0 fully saturated rings. The zero-order chi connectivity index (χ0) is 14.4. The molecular weight excluding hydrogens is 284 g/mol. The van der Waals surface area contributed by atoms with E-state index in [1.807, 2.05) is 23.3 Å². The Morgan fingerprint density at radius 2 is 2.00 bits per heavy atom. The highest BCUT2D eigenvalue weighted by atomic mass is 32.2. The van der Waals surface area contributed by atoms with E-state index in [2.05, 4.69) is 61.4 Å². The number of rotatable bonds is 7. The van der Waals surface area contributed by atoms with Crippen LogP contribution in [-0.2, 0) is 0 Å². The smallest absolute Gasteiger partial charge is 0.150 e. The normalized spacial score (nSPS) is 14.4. The van der Waals surface area contributed by atoms with E-state index in [0.29, 0.717) is 17.2 Å². The Bertz CT molecular complexity index is 482. The number of hydrogen-bond donors (Lipinski definition) is 1. The second-order valence-corrected chi connectivity index (χ2v) is 7.39. The molecule has 0 amide bonds. The minimum atomic E-state index is 0.357. The molecule has 2 unspecified atom stereocenters. The van der Waals surface area contributed by atoms with E-state index in [9.17, 15) is 0 Å². The quantitative estimate of drug-likeness (QED) is 0.756. The summed E-state index contributed by atoms with van der Waals surface area (Å²) in [6.45, 7) is 7.72. The summed E-state index contributed by atoms with van der Waals surface area (Å²) in [4.78, 5) is 4.43. The van der Waals surface area contributed by atoms with Crippen LogP contribution in [0.2, 0.25) is 0 Å². The summed E-state index contributed by atoms with van der Waals surface area (Å²) in [5.41, 5.74) is 1.36. The average Bonchev–Trinajstić information content (AvgIpc) is 2.96. The van der Waals surface area contributed by atoms with Crippen LogP contribution < -0.4 is 5.32 Å². The van der Waals surface area contributed by atoms with Crippen LogP contribution in [0.3, 0.4) is 0 Å². The van der Waals surface area contributed by atoms with Crippen molar-refractivity contribution in [3.8, 4) is 0 Å². The second kappa shape index (κ2) is 7.81. The van der Waals surface area contributed by atoms with E-state index in [0.717, 1.165) is 10.9 Å². The van der Waals surface area contributed by atoms with E-state index < -0.39 is 0 Å². The molecule has 1 heterocycles. The third-order valence-electron chi connectivity index (χ3n) is 3.21. The number of thiazole rings is 1. The van der Waals surface area contributed by atoms with E-state index in [1.54, 1.807) is 11.3 Å². The van der Waals surface area contributed by atoms with Gasteiger partial charge in [-0.25, -0.2) is 4.98 Å². The minimum absolute atomic E-state index is 0.357. The molecule has 2 rings (SSSR count). The Balaban J connectivity index is 2.23. The lowest BCUT2D eigenvalue weighted by molar-refractivity contribution is 0.453. The van der Waals surface area contributed by atoms with Gasteiger partial charge >= 0.3 is 0 Å². The molecule has 0 saturated carbocycles. The van der Waals surface area contributed by atoms with E-state index >= 15 is 0 Å². The first-order valence-electron chi connectivity index (χ1n) is 7.06. The highest BCUT2D eigenvalue weighted by Crippen LogP contribution is 2.37. The lowest BCUT2D eigenvalue weighted by Gasteiger charge is -2.30. The number of hydrogen-bond acceptors (Lipinski definition) is 4. The fraction of sp³-hybridized carbons (Fsp3) is 0.438. The van der Waals surface area contributed by atoms with Gasteiger partial charge in [-0.15, -0.1) is 11.3 Å². The molecule has 2 atom stereocenters. The molecule has 20 heavy (non-hydrogen) atoms. The third kappa shape index (κ3) is 4.08. The van der Waals surface area contributed by atoms with Crippen molar-refractivity contribution in [1.82, 2.24) is 10.3 Å². The summed E-state index contributed by atoms with van der Waals surface area (Å²) in [7, 11) is 0. The Kier molecular flexibility index (Phi) is 6.07. The standard InChI is InChI=1S/C16H22N2S2/c1-4-17-14(13-8-6-5-7-9-13)15(12(2)3)20-16-18-10-11-19-16/h5-12,14-15,17H,4H2,1-3H3. The zero-order valence-corrected chi connectivity index (χ0v) is 13.9. The van der Waals surface area contributed by atoms with Gasteiger partial charge < -0.3 is 5.32 Å². The first-order valence-corrected chi connectivity index (χ1v) is 8.82. The summed E-state index contributed by atoms with van der Waals surface area (Å²) >= 11 is 3.61. The van der Waals surface area contributed by atoms with Gasteiger partial charge in [0.2, 0.25) is 0 Å². The molecule has 1 N–H and O–H groups in total. The lowest BCUT2D eigenvalue weighted by Crippen LogP contribution is -2.33. The predicted molar refractivity (Wildman–Crippen MR) is 89.5 cm³/mol. The van der Waals surface area contributed by atoms with Crippen molar-refractivity contribution in [3.05, 3.63) is 47.5 Å². The maximum atomic E-state index is 4.43. The molecule has 4 heteroatoms. The topological polar surface area (TPSA) is 24.9 Å². The fourth-order valence-electron chi connectivity index (χ4n) is 2.28. The molecule has 1 aromatic heterocycles. The summed E-state index contributed by atoms with van der Waals surface area (Å²) in [5.74, 6) is 0.577.